The molecule has 1 saturated heterocycles. The average molecular weight is 437 g/mol. The number of nitrogens with zero attached hydrogens (tertiary/aromatic N) is 1. The number of fused-ring (bicyclic) bond motifs is 3. The largest absolute Gasteiger partial charge is 0.480 e. The van der Waals surface area contributed by atoms with Gasteiger partial charge in [-0.3, -0.25) is 4.79 Å². The van der Waals surface area contributed by atoms with Crippen LogP contribution >= 0.6 is 0 Å². The van der Waals surface area contributed by atoms with E-state index in [1.807, 2.05) is 43.3 Å². The number of benzene rings is 2. The number of alkyl carbamates (subject to hydrolysis) is 1. The molecule has 4 rings (SSSR count). The molecule has 0 bridgehead atoms. The Kier molecular flexibility index (Phi) is 6.17. The van der Waals surface area contributed by atoms with E-state index < -0.39 is 24.1 Å². The van der Waals surface area contributed by atoms with Crippen molar-refractivity contribution in [1.82, 2.24) is 10.2 Å². The highest BCUT2D eigenvalue weighted by Gasteiger charge is 2.41. The first-order chi connectivity index (χ1) is 15.4. The molecule has 2 amide bonds. The molecule has 0 saturated carbocycles. The van der Waals surface area contributed by atoms with Gasteiger partial charge in [0, 0.05) is 12.5 Å². The van der Waals surface area contributed by atoms with Crippen LogP contribution in [-0.2, 0) is 14.3 Å². The first kappa shape index (κ1) is 21.9. The van der Waals surface area contributed by atoms with Gasteiger partial charge < -0.3 is 20.1 Å². The summed E-state index contributed by atoms with van der Waals surface area (Å²) in [5.41, 5.74) is 4.50. The number of carboxylic acids is 1. The predicted octanol–water partition coefficient (Wildman–Crippen LogP) is 3.63. The van der Waals surface area contributed by atoms with Crippen LogP contribution < -0.4 is 5.32 Å². The summed E-state index contributed by atoms with van der Waals surface area (Å²) < 4.78 is 5.54. The van der Waals surface area contributed by atoms with Gasteiger partial charge in [0.15, 0.2) is 0 Å². The van der Waals surface area contributed by atoms with Crippen molar-refractivity contribution in [3.63, 3.8) is 0 Å². The van der Waals surface area contributed by atoms with E-state index in [0.29, 0.717) is 19.4 Å². The molecule has 2 aromatic carbocycles. The lowest BCUT2D eigenvalue weighted by Gasteiger charge is -2.27. The first-order valence-corrected chi connectivity index (χ1v) is 11.1. The van der Waals surface area contributed by atoms with Gasteiger partial charge in [0.05, 0.1) is 0 Å². The second-order valence-electron chi connectivity index (χ2n) is 8.51. The summed E-state index contributed by atoms with van der Waals surface area (Å²) >= 11 is 0. The molecule has 2 unspecified atom stereocenters. The highest BCUT2D eigenvalue weighted by atomic mass is 16.5. The van der Waals surface area contributed by atoms with Gasteiger partial charge in [0.25, 0.3) is 0 Å². The Labute approximate surface area is 187 Å². The van der Waals surface area contributed by atoms with E-state index in [2.05, 4.69) is 17.4 Å². The smallest absolute Gasteiger partial charge is 0.407 e. The number of hydrogen-bond donors (Lipinski definition) is 2. The van der Waals surface area contributed by atoms with E-state index in [0.717, 1.165) is 22.3 Å². The minimum Gasteiger partial charge on any atom is -0.480 e. The maximum Gasteiger partial charge on any atom is 0.407 e. The zero-order chi connectivity index (χ0) is 22.8. The SMILES string of the molecule is CC[C@@H](NC(=O)OCC1c2ccccc2-c2ccccc21)C(=O)N1CCC(C)C1C(=O)O. The zero-order valence-electron chi connectivity index (χ0n) is 18.3. The molecule has 1 aliphatic carbocycles. The van der Waals surface area contributed by atoms with Gasteiger partial charge in [-0.25, -0.2) is 9.59 Å². The van der Waals surface area contributed by atoms with E-state index in [4.69, 9.17) is 4.74 Å². The first-order valence-electron chi connectivity index (χ1n) is 11.1. The Bertz CT molecular complexity index is 991. The normalized spacial score (nSPS) is 20.4. The van der Waals surface area contributed by atoms with Gasteiger partial charge in [0.1, 0.15) is 18.7 Å². The molecule has 2 N–H and O–H groups in total. The monoisotopic (exact) mass is 436 g/mol. The van der Waals surface area contributed by atoms with Crippen molar-refractivity contribution < 1.29 is 24.2 Å². The fourth-order valence-corrected chi connectivity index (χ4v) is 4.89. The minimum atomic E-state index is -1.01. The molecule has 1 aliphatic heterocycles. The molecule has 32 heavy (non-hydrogen) atoms. The van der Waals surface area contributed by atoms with Crippen molar-refractivity contribution in [1.29, 1.82) is 0 Å². The predicted molar refractivity (Wildman–Crippen MR) is 119 cm³/mol. The summed E-state index contributed by atoms with van der Waals surface area (Å²) in [7, 11) is 0. The number of amides is 2. The summed E-state index contributed by atoms with van der Waals surface area (Å²) in [6, 6.07) is 14.5. The third kappa shape index (κ3) is 3.95. The molecule has 0 radical (unpaired) electrons. The molecule has 1 heterocycles. The van der Waals surface area contributed by atoms with Crippen LogP contribution in [0.3, 0.4) is 0 Å². The second kappa shape index (κ2) is 9.02. The second-order valence-corrected chi connectivity index (χ2v) is 8.51. The molecule has 0 spiro atoms. The van der Waals surface area contributed by atoms with Crippen LogP contribution in [0.15, 0.2) is 48.5 Å². The zero-order valence-corrected chi connectivity index (χ0v) is 18.3. The Hall–Kier alpha value is -3.35. The topological polar surface area (TPSA) is 95.9 Å². The molecule has 2 aliphatic rings. The van der Waals surface area contributed by atoms with Crippen LogP contribution in [0.25, 0.3) is 11.1 Å². The molecule has 2 aromatic rings. The van der Waals surface area contributed by atoms with Crippen LogP contribution in [0.1, 0.15) is 43.7 Å². The summed E-state index contributed by atoms with van der Waals surface area (Å²) in [5, 5.41) is 12.1. The molecular weight excluding hydrogens is 408 g/mol. The van der Waals surface area contributed by atoms with Crippen molar-refractivity contribution in [2.45, 2.75) is 44.7 Å². The van der Waals surface area contributed by atoms with Crippen molar-refractivity contribution in [3.05, 3.63) is 59.7 Å². The van der Waals surface area contributed by atoms with E-state index in [1.54, 1.807) is 6.92 Å². The lowest BCUT2D eigenvalue weighted by atomic mass is 9.98. The number of likely N-dealkylation sites (tertiary alicyclic amines) is 1. The number of rotatable bonds is 6. The Morgan fingerprint density at radius 3 is 2.25 bits per heavy atom. The Morgan fingerprint density at radius 2 is 1.69 bits per heavy atom. The molecule has 7 heteroatoms. The van der Waals surface area contributed by atoms with Crippen LogP contribution in [0.5, 0.6) is 0 Å². The van der Waals surface area contributed by atoms with Gasteiger partial charge in [-0.05, 0) is 41.0 Å². The number of hydrogen-bond acceptors (Lipinski definition) is 4. The summed E-state index contributed by atoms with van der Waals surface area (Å²) in [6.07, 6.45) is 0.302. The lowest BCUT2D eigenvalue weighted by molar-refractivity contribution is -0.150. The fourth-order valence-electron chi connectivity index (χ4n) is 4.89. The lowest BCUT2D eigenvalue weighted by Crippen LogP contribution is -2.52. The van der Waals surface area contributed by atoms with Gasteiger partial charge in [-0.2, -0.15) is 0 Å². The maximum absolute atomic E-state index is 13.0. The number of nitrogens with one attached hydrogen (secondary N) is 1. The number of ether oxygens (including phenoxy) is 1. The third-order valence-electron chi connectivity index (χ3n) is 6.58. The van der Waals surface area contributed by atoms with E-state index in [-0.39, 0.29) is 24.3 Å². The summed E-state index contributed by atoms with van der Waals surface area (Å²) in [6.45, 7) is 4.14. The van der Waals surface area contributed by atoms with Crippen molar-refractivity contribution in [2.75, 3.05) is 13.2 Å². The van der Waals surface area contributed by atoms with Crippen LogP contribution in [-0.4, -0.2) is 53.2 Å². The Morgan fingerprint density at radius 1 is 1.09 bits per heavy atom. The molecule has 3 atom stereocenters. The summed E-state index contributed by atoms with van der Waals surface area (Å²) in [5.74, 6) is -1.58. The van der Waals surface area contributed by atoms with Crippen molar-refractivity contribution in [3.8, 4) is 11.1 Å². The molecule has 0 aromatic heterocycles. The summed E-state index contributed by atoms with van der Waals surface area (Å²) in [4.78, 5) is 38.5. The number of carbonyl (C=O) groups excluding carboxylic acids is 2. The fraction of sp³-hybridized carbons (Fsp3) is 0.400. The van der Waals surface area contributed by atoms with Crippen LogP contribution in [0, 0.1) is 5.92 Å². The molecular formula is C25H28N2O5. The van der Waals surface area contributed by atoms with Gasteiger partial charge >= 0.3 is 12.1 Å². The Balaban J connectivity index is 1.41. The standard InChI is InChI=1S/C25H28N2O5/c1-3-21(23(28)27-13-12-15(2)22(27)24(29)30)26-25(31)32-14-20-18-10-6-4-8-16(18)17-9-5-7-11-19(17)20/h4-11,15,20-22H,3,12-14H2,1-2H3,(H,26,31)(H,29,30)/t15?,21-,22?/m1/s1. The quantitative estimate of drug-likeness (QED) is 0.721. The highest BCUT2D eigenvalue weighted by Crippen LogP contribution is 2.44. The average Bonchev–Trinajstić information content (AvgIpc) is 3.34. The molecule has 7 nitrogen and oxygen atoms in total. The number of carbonyl (C=O) groups is 3. The van der Waals surface area contributed by atoms with Crippen molar-refractivity contribution in [2.24, 2.45) is 5.92 Å². The molecule has 168 valence electrons. The van der Waals surface area contributed by atoms with E-state index in [1.165, 1.54) is 4.90 Å². The van der Waals surface area contributed by atoms with Gasteiger partial charge in [0.2, 0.25) is 5.91 Å². The number of aliphatic carboxylic acids is 1. The van der Waals surface area contributed by atoms with Gasteiger partial charge in [-0.15, -0.1) is 0 Å². The van der Waals surface area contributed by atoms with Gasteiger partial charge in [-0.1, -0.05) is 62.4 Å². The van der Waals surface area contributed by atoms with Crippen LogP contribution in [0.2, 0.25) is 0 Å². The van der Waals surface area contributed by atoms with Crippen LogP contribution in [0.4, 0.5) is 4.79 Å². The highest BCUT2D eigenvalue weighted by molar-refractivity contribution is 5.90. The molecule has 1 fully saturated rings. The minimum absolute atomic E-state index is 0.0697. The maximum atomic E-state index is 13.0. The number of carboxylic acid groups (broad SMARTS) is 1. The van der Waals surface area contributed by atoms with Crippen molar-refractivity contribution >= 4 is 18.0 Å². The van der Waals surface area contributed by atoms with E-state index in [9.17, 15) is 19.5 Å². The van der Waals surface area contributed by atoms with E-state index >= 15 is 0 Å². The third-order valence-corrected chi connectivity index (χ3v) is 6.58.